The summed E-state index contributed by atoms with van der Waals surface area (Å²) >= 11 is 0. The Balaban J connectivity index is 3.08. The SMILES string of the molecule is COc1ccc([C@@H](C)O)c(OC)n1. The van der Waals surface area contributed by atoms with Crippen LogP contribution in [0, 0.1) is 0 Å². The summed E-state index contributed by atoms with van der Waals surface area (Å²) in [6.07, 6.45) is -0.589. The van der Waals surface area contributed by atoms with Gasteiger partial charge in [0.2, 0.25) is 11.8 Å². The summed E-state index contributed by atoms with van der Waals surface area (Å²) in [5, 5.41) is 9.34. The van der Waals surface area contributed by atoms with Gasteiger partial charge in [-0.2, -0.15) is 4.98 Å². The number of methoxy groups -OCH3 is 2. The number of ether oxygens (including phenoxy) is 2. The van der Waals surface area contributed by atoms with Crippen LogP contribution >= 0.6 is 0 Å². The van der Waals surface area contributed by atoms with Gasteiger partial charge in [-0.05, 0) is 13.0 Å². The second-order valence-electron chi connectivity index (χ2n) is 2.63. The number of rotatable bonds is 3. The molecule has 0 aliphatic rings. The maximum Gasteiger partial charge on any atom is 0.222 e. The van der Waals surface area contributed by atoms with Crippen molar-refractivity contribution < 1.29 is 14.6 Å². The molecule has 4 heteroatoms. The van der Waals surface area contributed by atoms with Gasteiger partial charge in [-0.1, -0.05) is 0 Å². The first-order valence-corrected chi connectivity index (χ1v) is 3.96. The van der Waals surface area contributed by atoms with Crippen LogP contribution in [0.2, 0.25) is 0 Å². The van der Waals surface area contributed by atoms with Crippen molar-refractivity contribution in [2.24, 2.45) is 0 Å². The van der Waals surface area contributed by atoms with Gasteiger partial charge >= 0.3 is 0 Å². The van der Waals surface area contributed by atoms with Crippen molar-refractivity contribution in [1.29, 1.82) is 0 Å². The van der Waals surface area contributed by atoms with Crippen LogP contribution in [0.15, 0.2) is 12.1 Å². The number of aliphatic hydroxyl groups is 1. The minimum Gasteiger partial charge on any atom is -0.481 e. The minimum atomic E-state index is -0.589. The maximum atomic E-state index is 9.34. The molecule has 0 spiro atoms. The Morgan fingerprint density at radius 2 is 2.00 bits per heavy atom. The van der Waals surface area contributed by atoms with E-state index in [1.54, 1.807) is 19.1 Å². The summed E-state index contributed by atoms with van der Waals surface area (Å²) in [6, 6.07) is 3.42. The summed E-state index contributed by atoms with van der Waals surface area (Å²) < 4.78 is 9.92. The number of aromatic nitrogens is 1. The molecule has 4 nitrogen and oxygen atoms in total. The Labute approximate surface area is 77.1 Å². The van der Waals surface area contributed by atoms with Gasteiger partial charge in [0.15, 0.2) is 0 Å². The number of hydrogen-bond acceptors (Lipinski definition) is 4. The first-order valence-electron chi connectivity index (χ1n) is 3.96. The van der Waals surface area contributed by atoms with Crippen molar-refractivity contribution in [2.45, 2.75) is 13.0 Å². The van der Waals surface area contributed by atoms with E-state index in [1.807, 2.05) is 0 Å². The predicted octanol–water partition coefficient (Wildman–Crippen LogP) is 1.15. The lowest BCUT2D eigenvalue weighted by molar-refractivity contribution is 0.192. The highest BCUT2D eigenvalue weighted by atomic mass is 16.5. The number of pyridine rings is 1. The molecular formula is C9H13NO3. The van der Waals surface area contributed by atoms with Gasteiger partial charge in [0.25, 0.3) is 0 Å². The second-order valence-corrected chi connectivity index (χ2v) is 2.63. The molecule has 0 aliphatic carbocycles. The fourth-order valence-corrected chi connectivity index (χ4v) is 1.03. The zero-order chi connectivity index (χ0) is 9.84. The van der Waals surface area contributed by atoms with E-state index < -0.39 is 6.10 Å². The molecule has 0 saturated carbocycles. The molecular weight excluding hydrogens is 170 g/mol. The van der Waals surface area contributed by atoms with Crippen LogP contribution in [0.4, 0.5) is 0 Å². The molecule has 0 amide bonds. The van der Waals surface area contributed by atoms with Gasteiger partial charge in [0, 0.05) is 11.6 Å². The lowest BCUT2D eigenvalue weighted by atomic mass is 10.2. The molecule has 0 aliphatic heterocycles. The van der Waals surface area contributed by atoms with Gasteiger partial charge < -0.3 is 14.6 Å². The average Bonchev–Trinajstić information content (AvgIpc) is 2.16. The average molecular weight is 183 g/mol. The molecule has 0 bridgehead atoms. The molecule has 0 fully saturated rings. The van der Waals surface area contributed by atoms with E-state index in [9.17, 15) is 5.11 Å². The smallest absolute Gasteiger partial charge is 0.222 e. The van der Waals surface area contributed by atoms with Crippen LogP contribution in [0.25, 0.3) is 0 Å². The Hall–Kier alpha value is -1.29. The lowest BCUT2D eigenvalue weighted by Crippen LogP contribution is -2.00. The normalized spacial score (nSPS) is 12.3. The third-order valence-electron chi connectivity index (χ3n) is 1.72. The topological polar surface area (TPSA) is 51.6 Å². The monoisotopic (exact) mass is 183 g/mol. The van der Waals surface area contributed by atoms with Crippen LogP contribution < -0.4 is 9.47 Å². The van der Waals surface area contributed by atoms with E-state index in [-0.39, 0.29) is 0 Å². The van der Waals surface area contributed by atoms with Crippen molar-refractivity contribution in [1.82, 2.24) is 4.98 Å². The summed E-state index contributed by atoms with van der Waals surface area (Å²) in [6.45, 7) is 1.66. The van der Waals surface area contributed by atoms with Crippen molar-refractivity contribution >= 4 is 0 Å². The third-order valence-corrected chi connectivity index (χ3v) is 1.72. The van der Waals surface area contributed by atoms with Crippen LogP contribution in [-0.4, -0.2) is 24.3 Å². The molecule has 0 radical (unpaired) electrons. The number of aliphatic hydroxyl groups excluding tert-OH is 1. The Morgan fingerprint density at radius 1 is 1.31 bits per heavy atom. The Morgan fingerprint density at radius 3 is 2.46 bits per heavy atom. The summed E-state index contributed by atoms with van der Waals surface area (Å²) in [5.41, 5.74) is 0.656. The molecule has 0 aromatic carbocycles. The van der Waals surface area contributed by atoms with Gasteiger partial charge in [0.05, 0.1) is 20.3 Å². The van der Waals surface area contributed by atoms with Crippen LogP contribution in [0.1, 0.15) is 18.6 Å². The molecule has 1 aromatic rings. The summed E-state index contributed by atoms with van der Waals surface area (Å²) in [5.74, 6) is 0.871. The highest BCUT2D eigenvalue weighted by Gasteiger charge is 2.10. The van der Waals surface area contributed by atoms with Crippen LogP contribution in [0.5, 0.6) is 11.8 Å². The van der Waals surface area contributed by atoms with E-state index in [0.29, 0.717) is 17.3 Å². The Bertz CT molecular complexity index is 286. The first-order chi connectivity index (χ1) is 6.19. The standard InChI is InChI=1S/C9H13NO3/c1-6(11)7-4-5-8(12-2)10-9(7)13-3/h4-6,11H,1-3H3/t6-/m1/s1. The van der Waals surface area contributed by atoms with E-state index in [4.69, 9.17) is 9.47 Å². The number of nitrogens with zero attached hydrogens (tertiary/aromatic N) is 1. The molecule has 1 N–H and O–H groups in total. The van der Waals surface area contributed by atoms with Gasteiger partial charge in [-0.25, -0.2) is 0 Å². The molecule has 72 valence electrons. The third kappa shape index (κ3) is 2.09. The van der Waals surface area contributed by atoms with Gasteiger partial charge in [-0.3, -0.25) is 0 Å². The zero-order valence-corrected chi connectivity index (χ0v) is 7.94. The van der Waals surface area contributed by atoms with Crippen molar-refractivity contribution in [2.75, 3.05) is 14.2 Å². The maximum absolute atomic E-state index is 9.34. The molecule has 1 heterocycles. The number of hydrogen-bond donors (Lipinski definition) is 1. The molecule has 1 aromatic heterocycles. The fraction of sp³-hybridized carbons (Fsp3) is 0.444. The van der Waals surface area contributed by atoms with E-state index >= 15 is 0 Å². The second kappa shape index (κ2) is 4.09. The molecule has 0 saturated heterocycles. The highest BCUT2D eigenvalue weighted by Crippen LogP contribution is 2.24. The Kier molecular flexibility index (Phi) is 3.08. The zero-order valence-electron chi connectivity index (χ0n) is 7.94. The van der Waals surface area contributed by atoms with Crippen molar-refractivity contribution in [3.8, 4) is 11.8 Å². The van der Waals surface area contributed by atoms with E-state index in [0.717, 1.165) is 0 Å². The van der Waals surface area contributed by atoms with Crippen molar-refractivity contribution in [3.63, 3.8) is 0 Å². The van der Waals surface area contributed by atoms with Crippen LogP contribution in [-0.2, 0) is 0 Å². The quantitative estimate of drug-likeness (QED) is 0.763. The highest BCUT2D eigenvalue weighted by molar-refractivity contribution is 5.32. The van der Waals surface area contributed by atoms with Crippen LogP contribution in [0.3, 0.4) is 0 Å². The van der Waals surface area contributed by atoms with Crippen molar-refractivity contribution in [3.05, 3.63) is 17.7 Å². The fourth-order valence-electron chi connectivity index (χ4n) is 1.03. The first kappa shape index (κ1) is 9.80. The molecule has 1 atom stereocenters. The van der Waals surface area contributed by atoms with Gasteiger partial charge in [0.1, 0.15) is 0 Å². The van der Waals surface area contributed by atoms with E-state index in [1.165, 1.54) is 14.2 Å². The van der Waals surface area contributed by atoms with Gasteiger partial charge in [-0.15, -0.1) is 0 Å². The lowest BCUT2D eigenvalue weighted by Gasteiger charge is -2.10. The predicted molar refractivity (Wildman–Crippen MR) is 48.0 cm³/mol. The summed E-state index contributed by atoms with van der Waals surface area (Å²) in [4.78, 5) is 4.03. The van der Waals surface area contributed by atoms with E-state index in [2.05, 4.69) is 4.98 Å². The molecule has 1 rings (SSSR count). The molecule has 0 unspecified atom stereocenters. The molecule has 13 heavy (non-hydrogen) atoms. The largest absolute Gasteiger partial charge is 0.481 e. The summed E-state index contributed by atoms with van der Waals surface area (Å²) in [7, 11) is 3.04. The minimum absolute atomic E-state index is 0.398.